The van der Waals surface area contributed by atoms with Gasteiger partial charge >= 0.3 is 5.97 Å². The predicted molar refractivity (Wildman–Crippen MR) is 93.0 cm³/mol. The number of esters is 1. The van der Waals surface area contributed by atoms with Crippen LogP contribution in [0.5, 0.6) is 0 Å². The Kier molecular flexibility index (Phi) is 7.06. The summed E-state index contributed by atoms with van der Waals surface area (Å²) in [6.45, 7) is 3.94. The highest BCUT2D eigenvalue weighted by Gasteiger charge is 2.20. The minimum atomic E-state index is -1.41. The maximum absolute atomic E-state index is 12.0. The molecule has 132 valence electrons. The van der Waals surface area contributed by atoms with Gasteiger partial charge in [0.1, 0.15) is 6.10 Å². The van der Waals surface area contributed by atoms with Crippen molar-refractivity contribution < 1.29 is 19.4 Å². The lowest BCUT2D eigenvalue weighted by atomic mass is 10.2. The van der Waals surface area contributed by atoms with Gasteiger partial charge < -0.3 is 20.1 Å². The second-order valence-corrected chi connectivity index (χ2v) is 5.97. The zero-order valence-electron chi connectivity index (χ0n) is 14.2. The van der Waals surface area contributed by atoms with Gasteiger partial charge in [0.25, 0.3) is 5.91 Å². The minimum Gasteiger partial charge on any atom is -0.466 e. The lowest BCUT2D eigenvalue weighted by Crippen LogP contribution is -2.30. The third-order valence-corrected chi connectivity index (χ3v) is 4.05. The number of benzene rings is 1. The summed E-state index contributed by atoms with van der Waals surface area (Å²) in [5.74, 6) is -1.19. The number of nitrogens with one attached hydrogen (secondary N) is 1. The van der Waals surface area contributed by atoms with E-state index in [-0.39, 0.29) is 13.0 Å². The number of ether oxygens (including phenoxy) is 1. The van der Waals surface area contributed by atoms with Crippen LogP contribution >= 0.6 is 0 Å². The van der Waals surface area contributed by atoms with Crippen LogP contribution in [0.1, 0.15) is 39.0 Å². The number of hydrogen-bond acceptors (Lipinski definition) is 5. The van der Waals surface area contributed by atoms with Crippen LogP contribution in [-0.2, 0) is 14.3 Å². The van der Waals surface area contributed by atoms with Crippen molar-refractivity contribution in [3.63, 3.8) is 0 Å². The normalized spacial score (nSPS) is 16.2. The van der Waals surface area contributed by atoms with Gasteiger partial charge in [-0.1, -0.05) is 18.9 Å². The van der Waals surface area contributed by atoms with Crippen LogP contribution in [0.4, 0.5) is 11.4 Å². The van der Waals surface area contributed by atoms with Gasteiger partial charge in [-0.2, -0.15) is 0 Å². The van der Waals surface area contributed by atoms with Crippen molar-refractivity contribution in [1.82, 2.24) is 0 Å². The zero-order valence-corrected chi connectivity index (χ0v) is 14.2. The second kappa shape index (κ2) is 9.27. The molecule has 1 amide bonds. The summed E-state index contributed by atoms with van der Waals surface area (Å²) in [5.41, 5.74) is 1.68. The number of aliphatic hydroxyl groups is 1. The van der Waals surface area contributed by atoms with Crippen LogP contribution in [-0.4, -0.2) is 42.8 Å². The van der Waals surface area contributed by atoms with E-state index in [0.717, 1.165) is 18.8 Å². The average molecular weight is 334 g/mol. The summed E-state index contributed by atoms with van der Waals surface area (Å²) in [4.78, 5) is 25.7. The first-order valence-corrected chi connectivity index (χ1v) is 8.59. The number of anilines is 2. The Labute approximate surface area is 142 Å². The highest BCUT2D eigenvalue weighted by Crippen LogP contribution is 2.23. The van der Waals surface area contributed by atoms with Crippen molar-refractivity contribution >= 4 is 23.3 Å². The second-order valence-electron chi connectivity index (χ2n) is 5.97. The maximum atomic E-state index is 12.0. The van der Waals surface area contributed by atoms with E-state index in [9.17, 15) is 14.7 Å². The number of aliphatic hydroxyl groups excluding tert-OH is 1. The summed E-state index contributed by atoms with van der Waals surface area (Å²) in [6, 6.07) is 7.58. The van der Waals surface area contributed by atoms with Crippen LogP contribution < -0.4 is 10.2 Å². The van der Waals surface area contributed by atoms with Crippen molar-refractivity contribution in [2.24, 2.45) is 0 Å². The van der Waals surface area contributed by atoms with Crippen molar-refractivity contribution in [3.05, 3.63) is 24.3 Å². The molecular formula is C18H26N2O4. The molecule has 1 aromatic rings. The predicted octanol–water partition coefficient (Wildman–Crippen LogP) is 2.32. The van der Waals surface area contributed by atoms with E-state index in [1.807, 2.05) is 18.2 Å². The number of hydrogen-bond donors (Lipinski definition) is 2. The fraction of sp³-hybridized carbons (Fsp3) is 0.556. The Balaban J connectivity index is 1.95. The number of nitrogens with zero attached hydrogens (tertiary/aromatic N) is 1. The molecule has 0 unspecified atom stereocenters. The Morgan fingerprint density at radius 1 is 1.25 bits per heavy atom. The zero-order chi connectivity index (χ0) is 17.4. The molecule has 1 aliphatic heterocycles. The molecule has 0 spiro atoms. The monoisotopic (exact) mass is 334 g/mol. The van der Waals surface area contributed by atoms with Crippen LogP contribution in [0.2, 0.25) is 0 Å². The van der Waals surface area contributed by atoms with E-state index in [4.69, 9.17) is 4.74 Å². The molecule has 1 aliphatic rings. The number of rotatable bonds is 6. The molecule has 1 heterocycles. The Morgan fingerprint density at radius 3 is 2.62 bits per heavy atom. The van der Waals surface area contributed by atoms with Crippen molar-refractivity contribution in [2.45, 2.75) is 45.1 Å². The molecule has 0 aromatic heterocycles. The van der Waals surface area contributed by atoms with E-state index in [0.29, 0.717) is 5.69 Å². The van der Waals surface area contributed by atoms with E-state index in [2.05, 4.69) is 10.2 Å². The summed E-state index contributed by atoms with van der Waals surface area (Å²) in [7, 11) is 0. The summed E-state index contributed by atoms with van der Waals surface area (Å²) >= 11 is 0. The molecule has 2 N–H and O–H groups in total. The van der Waals surface area contributed by atoms with E-state index in [1.54, 1.807) is 13.0 Å². The van der Waals surface area contributed by atoms with E-state index < -0.39 is 18.0 Å². The van der Waals surface area contributed by atoms with Crippen LogP contribution in [0.3, 0.4) is 0 Å². The van der Waals surface area contributed by atoms with Gasteiger partial charge in [-0.15, -0.1) is 0 Å². The van der Waals surface area contributed by atoms with Crippen molar-refractivity contribution in [1.29, 1.82) is 0 Å². The molecule has 0 radical (unpaired) electrons. The molecule has 0 aliphatic carbocycles. The van der Waals surface area contributed by atoms with Crippen LogP contribution in [0.15, 0.2) is 24.3 Å². The molecule has 1 aromatic carbocycles. The quantitative estimate of drug-likeness (QED) is 0.781. The highest BCUT2D eigenvalue weighted by molar-refractivity contribution is 5.96. The third-order valence-electron chi connectivity index (χ3n) is 4.05. The third kappa shape index (κ3) is 5.53. The molecule has 6 nitrogen and oxygen atoms in total. The van der Waals surface area contributed by atoms with Gasteiger partial charge in [-0.3, -0.25) is 9.59 Å². The smallest absolute Gasteiger partial charge is 0.308 e. The summed E-state index contributed by atoms with van der Waals surface area (Å²) in [6.07, 6.45) is 3.11. The molecule has 0 bridgehead atoms. The standard InChI is InChI=1S/C18H26N2O4/c1-2-24-17(22)13-16(21)18(23)19-14-8-7-9-15(12-14)20-10-5-3-4-6-11-20/h7-9,12,16,21H,2-6,10-11,13H2,1H3,(H,19,23)/t16-/m0/s1. The minimum absolute atomic E-state index is 0.227. The topological polar surface area (TPSA) is 78.9 Å². The van der Waals surface area contributed by atoms with Gasteiger partial charge in [0.2, 0.25) is 0 Å². The lowest BCUT2D eigenvalue weighted by Gasteiger charge is -2.23. The molecule has 6 heteroatoms. The highest BCUT2D eigenvalue weighted by atomic mass is 16.5. The first-order chi connectivity index (χ1) is 11.6. The van der Waals surface area contributed by atoms with E-state index in [1.165, 1.54) is 25.7 Å². The largest absolute Gasteiger partial charge is 0.466 e. The molecule has 1 saturated heterocycles. The Hall–Kier alpha value is -2.08. The summed E-state index contributed by atoms with van der Waals surface area (Å²) in [5, 5.41) is 12.5. The Morgan fingerprint density at radius 2 is 1.96 bits per heavy atom. The van der Waals surface area contributed by atoms with Crippen LogP contribution in [0.25, 0.3) is 0 Å². The molecule has 2 rings (SSSR count). The molecule has 1 atom stereocenters. The van der Waals surface area contributed by atoms with Gasteiger partial charge in [-0.05, 0) is 38.0 Å². The molecule has 1 fully saturated rings. The number of carbonyl (C=O) groups excluding carboxylic acids is 2. The van der Waals surface area contributed by atoms with Gasteiger partial charge in [-0.25, -0.2) is 0 Å². The van der Waals surface area contributed by atoms with Gasteiger partial charge in [0.05, 0.1) is 13.0 Å². The first-order valence-electron chi connectivity index (χ1n) is 8.59. The molecule has 0 saturated carbocycles. The van der Waals surface area contributed by atoms with Gasteiger partial charge in [0.15, 0.2) is 0 Å². The molecular weight excluding hydrogens is 308 g/mol. The van der Waals surface area contributed by atoms with Crippen molar-refractivity contribution in [3.8, 4) is 0 Å². The first kappa shape index (κ1) is 18.3. The fourth-order valence-corrected chi connectivity index (χ4v) is 2.81. The summed E-state index contributed by atoms with van der Waals surface area (Å²) < 4.78 is 4.74. The maximum Gasteiger partial charge on any atom is 0.308 e. The van der Waals surface area contributed by atoms with E-state index >= 15 is 0 Å². The average Bonchev–Trinajstić information content (AvgIpc) is 2.84. The fourth-order valence-electron chi connectivity index (χ4n) is 2.81. The SMILES string of the molecule is CCOC(=O)C[C@H](O)C(=O)Nc1cccc(N2CCCCCC2)c1. The number of carbonyl (C=O) groups is 2. The Bertz CT molecular complexity index is 554. The number of amides is 1. The molecule has 24 heavy (non-hydrogen) atoms. The van der Waals surface area contributed by atoms with Crippen molar-refractivity contribution in [2.75, 3.05) is 29.9 Å². The lowest BCUT2D eigenvalue weighted by molar-refractivity contribution is -0.147. The van der Waals surface area contributed by atoms with Crippen LogP contribution in [0, 0.1) is 0 Å². The van der Waals surface area contributed by atoms with Gasteiger partial charge in [0, 0.05) is 24.5 Å².